The fourth-order valence-corrected chi connectivity index (χ4v) is 1.04. The molecular formula is C7H9N3O3. The number of carbonyl (C=O) groups is 1. The van der Waals surface area contributed by atoms with E-state index in [1.165, 1.54) is 0 Å². The summed E-state index contributed by atoms with van der Waals surface area (Å²) in [6, 6.07) is 0. The summed E-state index contributed by atoms with van der Waals surface area (Å²) in [5.74, 6) is -1.42. The molecule has 1 heterocycles. The zero-order chi connectivity index (χ0) is 10.0. The van der Waals surface area contributed by atoms with E-state index in [0.29, 0.717) is 12.1 Å². The van der Waals surface area contributed by atoms with E-state index >= 15 is 0 Å². The van der Waals surface area contributed by atoms with Crippen molar-refractivity contribution in [3.8, 4) is 0 Å². The normalized spacial score (nSPS) is 9.92. The molecule has 13 heavy (non-hydrogen) atoms. The highest BCUT2D eigenvalue weighted by molar-refractivity contribution is 5.93. The lowest BCUT2D eigenvalue weighted by Gasteiger charge is -2.03. The number of carboxylic acid groups (broad SMARTS) is 1. The Bertz CT molecular complexity index is 396. The summed E-state index contributed by atoms with van der Waals surface area (Å²) in [5.41, 5.74) is 4.83. The van der Waals surface area contributed by atoms with Gasteiger partial charge in [-0.1, -0.05) is 6.92 Å². The molecule has 0 saturated heterocycles. The number of nitrogens with two attached hydrogens (primary N) is 1. The van der Waals surface area contributed by atoms with Gasteiger partial charge >= 0.3 is 11.7 Å². The number of aromatic nitrogens is 2. The predicted octanol–water partition coefficient (Wildman–Crippen LogP) is -0.387. The number of aromatic amines is 1. The van der Waals surface area contributed by atoms with Crippen LogP contribution in [0.4, 0.5) is 5.82 Å². The van der Waals surface area contributed by atoms with Gasteiger partial charge in [0.1, 0.15) is 11.4 Å². The zero-order valence-electron chi connectivity index (χ0n) is 7.00. The molecule has 0 radical (unpaired) electrons. The van der Waals surface area contributed by atoms with E-state index in [9.17, 15) is 9.59 Å². The molecule has 0 spiro atoms. The second kappa shape index (κ2) is 3.26. The summed E-state index contributed by atoms with van der Waals surface area (Å²) in [5, 5.41) is 8.73. The first-order valence-electron chi connectivity index (χ1n) is 3.68. The van der Waals surface area contributed by atoms with Gasteiger partial charge in [-0.05, 0) is 6.42 Å². The Morgan fingerprint density at radius 1 is 1.69 bits per heavy atom. The molecule has 70 valence electrons. The first-order chi connectivity index (χ1) is 6.06. The number of rotatable bonds is 2. The molecule has 0 unspecified atom stereocenters. The Labute approximate surface area is 73.4 Å². The monoisotopic (exact) mass is 183 g/mol. The Hall–Kier alpha value is -1.85. The highest BCUT2D eigenvalue weighted by Crippen LogP contribution is 2.10. The van der Waals surface area contributed by atoms with Crippen LogP contribution in [0.15, 0.2) is 4.79 Å². The lowest BCUT2D eigenvalue weighted by atomic mass is 10.2. The van der Waals surface area contributed by atoms with Crippen LogP contribution in [0.3, 0.4) is 0 Å². The number of aryl methyl sites for hydroxylation is 1. The zero-order valence-corrected chi connectivity index (χ0v) is 7.00. The minimum absolute atomic E-state index is 0.123. The van der Waals surface area contributed by atoms with E-state index in [1.807, 2.05) is 0 Å². The molecule has 0 aliphatic carbocycles. The van der Waals surface area contributed by atoms with Gasteiger partial charge in [-0.15, -0.1) is 0 Å². The number of carboxylic acids is 1. The first-order valence-corrected chi connectivity index (χ1v) is 3.68. The fraction of sp³-hybridized carbons (Fsp3) is 0.286. The molecule has 4 N–H and O–H groups in total. The molecule has 1 rings (SSSR count). The number of nitrogens with one attached hydrogen (secondary N) is 1. The van der Waals surface area contributed by atoms with Gasteiger partial charge in [0.05, 0.1) is 0 Å². The minimum Gasteiger partial charge on any atom is -0.477 e. The number of anilines is 1. The average molecular weight is 183 g/mol. The number of nitrogens with zero attached hydrogens (tertiary/aromatic N) is 1. The van der Waals surface area contributed by atoms with E-state index in [1.54, 1.807) is 6.92 Å². The number of H-pyrrole nitrogens is 1. The summed E-state index contributed by atoms with van der Waals surface area (Å²) in [4.78, 5) is 27.1. The lowest BCUT2D eigenvalue weighted by Crippen LogP contribution is -2.20. The number of hydrogen-bond acceptors (Lipinski definition) is 4. The van der Waals surface area contributed by atoms with Gasteiger partial charge < -0.3 is 15.8 Å². The third kappa shape index (κ3) is 1.66. The van der Waals surface area contributed by atoms with Crippen molar-refractivity contribution in [2.24, 2.45) is 0 Å². The summed E-state index contributed by atoms with van der Waals surface area (Å²) >= 11 is 0. The maximum absolute atomic E-state index is 10.8. The lowest BCUT2D eigenvalue weighted by molar-refractivity contribution is 0.0696. The molecule has 0 fully saturated rings. The van der Waals surface area contributed by atoms with Crippen molar-refractivity contribution in [2.75, 3.05) is 5.73 Å². The van der Waals surface area contributed by atoms with Crippen molar-refractivity contribution >= 4 is 11.8 Å². The molecule has 0 saturated carbocycles. The van der Waals surface area contributed by atoms with E-state index in [-0.39, 0.29) is 11.4 Å². The molecule has 0 atom stereocenters. The number of hydrogen-bond donors (Lipinski definition) is 3. The van der Waals surface area contributed by atoms with Crippen LogP contribution < -0.4 is 11.4 Å². The highest BCUT2D eigenvalue weighted by Gasteiger charge is 2.15. The molecular weight excluding hydrogens is 174 g/mol. The van der Waals surface area contributed by atoms with Crippen molar-refractivity contribution in [2.45, 2.75) is 13.3 Å². The SMILES string of the molecule is CCc1[nH]c(=O)nc(N)c1C(=O)O. The molecule has 0 amide bonds. The van der Waals surface area contributed by atoms with Gasteiger partial charge in [0.2, 0.25) is 0 Å². The van der Waals surface area contributed by atoms with Gasteiger partial charge in [0.15, 0.2) is 0 Å². The third-order valence-corrected chi connectivity index (χ3v) is 1.61. The van der Waals surface area contributed by atoms with E-state index in [4.69, 9.17) is 10.8 Å². The summed E-state index contributed by atoms with van der Waals surface area (Å²) in [7, 11) is 0. The average Bonchev–Trinajstić information content (AvgIpc) is 2.01. The minimum atomic E-state index is -1.18. The van der Waals surface area contributed by atoms with Gasteiger partial charge in [0, 0.05) is 5.69 Å². The van der Waals surface area contributed by atoms with Crippen molar-refractivity contribution in [3.63, 3.8) is 0 Å². The molecule has 0 aliphatic rings. The number of aromatic carboxylic acids is 1. The second-order valence-corrected chi connectivity index (χ2v) is 2.44. The molecule has 1 aromatic heterocycles. The van der Waals surface area contributed by atoms with Crippen LogP contribution >= 0.6 is 0 Å². The molecule has 0 aromatic carbocycles. The maximum atomic E-state index is 10.8. The van der Waals surface area contributed by atoms with Crippen molar-refractivity contribution in [1.82, 2.24) is 9.97 Å². The van der Waals surface area contributed by atoms with Crippen LogP contribution in [-0.4, -0.2) is 21.0 Å². The van der Waals surface area contributed by atoms with Crippen LogP contribution in [0.25, 0.3) is 0 Å². The fourth-order valence-electron chi connectivity index (χ4n) is 1.04. The summed E-state index contributed by atoms with van der Waals surface area (Å²) in [6.45, 7) is 1.72. The molecule has 0 aliphatic heterocycles. The van der Waals surface area contributed by atoms with E-state index in [2.05, 4.69) is 9.97 Å². The summed E-state index contributed by atoms with van der Waals surface area (Å²) in [6.07, 6.45) is 0.392. The smallest absolute Gasteiger partial charge is 0.347 e. The van der Waals surface area contributed by atoms with Crippen LogP contribution in [0, 0.1) is 0 Å². The molecule has 1 aromatic rings. The summed E-state index contributed by atoms with van der Waals surface area (Å²) < 4.78 is 0. The van der Waals surface area contributed by atoms with Crippen molar-refractivity contribution < 1.29 is 9.90 Å². The Kier molecular flexibility index (Phi) is 2.32. The quantitative estimate of drug-likeness (QED) is 0.578. The maximum Gasteiger partial charge on any atom is 0.347 e. The van der Waals surface area contributed by atoms with Crippen molar-refractivity contribution in [1.29, 1.82) is 0 Å². The van der Waals surface area contributed by atoms with Gasteiger partial charge in [-0.3, -0.25) is 0 Å². The van der Waals surface area contributed by atoms with Gasteiger partial charge in [-0.25, -0.2) is 9.59 Å². The van der Waals surface area contributed by atoms with Crippen molar-refractivity contribution in [3.05, 3.63) is 21.7 Å². The van der Waals surface area contributed by atoms with E-state index in [0.717, 1.165) is 0 Å². The molecule has 0 bridgehead atoms. The van der Waals surface area contributed by atoms with Crippen LogP contribution in [-0.2, 0) is 6.42 Å². The third-order valence-electron chi connectivity index (χ3n) is 1.61. The topological polar surface area (TPSA) is 109 Å². The molecule has 6 nitrogen and oxygen atoms in total. The van der Waals surface area contributed by atoms with Crippen LogP contribution in [0.1, 0.15) is 23.0 Å². The largest absolute Gasteiger partial charge is 0.477 e. The predicted molar refractivity (Wildman–Crippen MR) is 45.6 cm³/mol. The van der Waals surface area contributed by atoms with Gasteiger partial charge in [-0.2, -0.15) is 4.98 Å². The number of nitrogen functional groups attached to an aromatic ring is 1. The van der Waals surface area contributed by atoms with E-state index < -0.39 is 11.7 Å². The standard InChI is InChI=1S/C7H9N3O3/c1-2-3-4(6(11)12)5(8)10-7(13)9-3/h2H2,1H3,(H,11,12)(H3,8,9,10,13). The van der Waals surface area contributed by atoms with Crippen LogP contribution in [0.5, 0.6) is 0 Å². The van der Waals surface area contributed by atoms with Crippen LogP contribution in [0.2, 0.25) is 0 Å². The Morgan fingerprint density at radius 3 is 2.77 bits per heavy atom. The highest BCUT2D eigenvalue weighted by atomic mass is 16.4. The molecule has 6 heteroatoms. The Morgan fingerprint density at radius 2 is 2.31 bits per heavy atom. The second-order valence-electron chi connectivity index (χ2n) is 2.44. The van der Waals surface area contributed by atoms with Gasteiger partial charge in [0.25, 0.3) is 0 Å². The Balaban J connectivity index is 3.47. The first kappa shape index (κ1) is 9.24.